The molecule has 7 amide bonds. The van der Waals surface area contributed by atoms with Crippen molar-refractivity contribution < 1.29 is 53.7 Å². The molecule has 0 aromatic heterocycles. The highest BCUT2D eigenvalue weighted by molar-refractivity contribution is 5.98. The Morgan fingerprint density at radius 3 is 1.63 bits per heavy atom. The van der Waals surface area contributed by atoms with Gasteiger partial charge in [0.05, 0.1) is 6.42 Å². The topological polar surface area (TPSA) is 351 Å². The summed E-state index contributed by atoms with van der Waals surface area (Å²) in [6.45, 7) is 5.32. The van der Waals surface area contributed by atoms with Gasteiger partial charge in [-0.05, 0) is 73.4 Å². The lowest BCUT2D eigenvalue weighted by Crippen LogP contribution is -2.60. The second-order valence-corrected chi connectivity index (χ2v) is 15.5. The van der Waals surface area contributed by atoms with Gasteiger partial charge in [-0.25, -0.2) is 0 Å². The van der Waals surface area contributed by atoms with Crippen LogP contribution in [0.25, 0.3) is 0 Å². The number of aliphatic imine (C=N–C) groups is 1. The van der Waals surface area contributed by atoms with Gasteiger partial charge >= 0.3 is 5.97 Å². The van der Waals surface area contributed by atoms with Crippen molar-refractivity contribution in [3.8, 4) is 11.5 Å². The Balaban J connectivity index is 1.98. The number of aliphatic carboxylic acids is 1. The Bertz CT molecular complexity index is 1940. The summed E-state index contributed by atoms with van der Waals surface area (Å²) in [6, 6.07) is 3.34. The molecule has 2 aromatic rings. The first-order chi connectivity index (χ1) is 29.2. The van der Waals surface area contributed by atoms with Crippen molar-refractivity contribution in [2.75, 3.05) is 13.1 Å². The van der Waals surface area contributed by atoms with Crippen LogP contribution in [0.3, 0.4) is 0 Å². The monoisotopic (exact) mass is 866 g/mol. The maximum Gasteiger partial charge on any atom is 0.305 e. The van der Waals surface area contributed by atoms with Crippen LogP contribution >= 0.6 is 0 Å². The molecule has 1 aliphatic heterocycles. The number of nitrogens with zero attached hydrogens (tertiary/aromatic N) is 2. The van der Waals surface area contributed by atoms with E-state index in [0.717, 1.165) is 0 Å². The molecule has 6 atom stereocenters. The molecular formula is C41H58N10O11. The van der Waals surface area contributed by atoms with Gasteiger partial charge in [0.15, 0.2) is 5.96 Å². The molecule has 1 heterocycles. The molecular weight excluding hydrogens is 809 g/mol. The van der Waals surface area contributed by atoms with Gasteiger partial charge in [-0.2, -0.15) is 0 Å². The summed E-state index contributed by atoms with van der Waals surface area (Å²) in [7, 11) is 0. The molecule has 21 heteroatoms. The molecule has 0 unspecified atom stereocenters. The molecule has 0 aliphatic carbocycles. The highest BCUT2D eigenvalue weighted by atomic mass is 16.4. The normalized spacial score (nSPS) is 15.8. The number of nitrogens with two attached hydrogens (primary N) is 3. The molecule has 0 saturated carbocycles. The molecule has 0 bridgehead atoms. The first kappa shape index (κ1) is 49.4. The fraction of sp³-hybridized carbons (Fsp3) is 0.488. The van der Waals surface area contributed by atoms with Gasteiger partial charge in [0, 0.05) is 32.9 Å². The van der Waals surface area contributed by atoms with E-state index in [2.05, 4.69) is 31.6 Å². The third-order valence-electron chi connectivity index (χ3n) is 9.94. The molecule has 0 radical (unpaired) electrons. The third-order valence-corrected chi connectivity index (χ3v) is 9.94. The van der Waals surface area contributed by atoms with Crippen molar-refractivity contribution in [2.24, 2.45) is 28.1 Å². The van der Waals surface area contributed by atoms with Gasteiger partial charge in [0.2, 0.25) is 41.4 Å². The number of amides is 7. The molecule has 3 rings (SSSR count). The number of phenolic OH excluding ortho intramolecular Hbond substituents is 2. The van der Waals surface area contributed by atoms with Crippen molar-refractivity contribution in [2.45, 2.75) is 108 Å². The lowest BCUT2D eigenvalue weighted by molar-refractivity contribution is -0.142. The fourth-order valence-corrected chi connectivity index (χ4v) is 6.80. The van der Waals surface area contributed by atoms with Crippen LogP contribution in [0.1, 0.15) is 70.4 Å². The van der Waals surface area contributed by atoms with E-state index in [4.69, 9.17) is 17.2 Å². The summed E-state index contributed by atoms with van der Waals surface area (Å²) in [6.07, 6.45) is -0.172. The predicted molar refractivity (Wildman–Crippen MR) is 224 cm³/mol. The lowest BCUT2D eigenvalue weighted by Gasteiger charge is -2.28. The number of nitrogens with one attached hydrogen (secondary N) is 5. The molecule has 1 saturated heterocycles. The van der Waals surface area contributed by atoms with Crippen LogP contribution < -0.4 is 43.8 Å². The van der Waals surface area contributed by atoms with Crippen molar-refractivity contribution in [3.63, 3.8) is 0 Å². The summed E-state index contributed by atoms with van der Waals surface area (Å²) in [5.41, 5.74) is 17.3. The maximum atomic E-state index is 14.3. The average Bonchev–Trinajstić information content (AvgIpc) is 3.70. The standard InChI is InChI=1S/C41H58N10O11/c1-22(2)18-29(35(42)57)47-36(58)28(6-4-16-45-41(43)44)46-37(59)30(19-24-8-12-26(53)13-9-24)48-38(60)31(20-25-10-14-27(54)15-11-25)49-39(61)32(21-34(55)56)50-40(62)33-7-5-17-51(33)23(3)52/h8-15,22,28-33,53-54H,4-7,16-21H2,1-3H3,(H2,42,57)(H,46,59)(H,47,58)(H,48,60)(H,49,61)(H,50,62)(H,55,56)(H4,43,44,45)/t28-,29-,30-,31-,32-,33-/m0/s1. The number of likely N-dealkylation sites (tertiary alicyclic amines) is 1. The lowest BCUT2D eigenvalue weighted by atomic mass is 10.0. The Labute approximate surface area is 358 Å². The SMILES string of the molecule is CC(=O)N1CCC[C@H]1C(=O)N[C@@H](CC(=O)O)C(=O)N[C@@H](Cc1ccc(O)cc1)C(=O)N[C@@H](Cc1ccc(O)cc1)C(=O)N[C@@H](CCCN=C(N)N)C(=O)N[C@@H](CC(C)C)C(N)=O. The predicted octanol–water partition coefficient (Wildman–Crippen LogP) is -1.62. The van der Waals surface area contributed by atoms with Crippen LogP contribution in [-0.4, -0.2) is 123 Å². The number of carboxylic acids is 1. The molecule has 62 heavy (non-hydrogen) atoms. The minimum atomic E-state index is -1.70. The third kappa shape index (κ3) is 16.3. The van der Waals surface area contributed by atoms with E-state index in [1.54, 1.807) is 0 Å². The maximum absolute atomic E-state index is 14.3. The van der Waals surface area contributed by atoms with E-state index < -0.39 is 84.1 Å². The number of carbonyl (C=O) groups is 8. The van der Waals surface area contributed by atoms with Crippen LogP contribution in [0, 0.1) is 5.92 Å². The average molecular weight is 867 g/mol. The highest BCUT2D eigenvalue weighted by Gasteiger charge is 2.37. The van der Waals surface area contributed by atoms with Crippen LogP contribution in [0.2, 0.25) is 0 Å². The zero-order chi connectivity index (χ0) is 46.1. The van der Waals surface area contributed by atoms with Crippen molar-refractivity contribution >= 4 is 53.3 Å². The van der Waals surface area contributed by atoms with Crippen molar-refractivity contribution in [3.05, 3.63) is 59.7 Å². The number of primary amides is 1. The minimum absolute atomic E-state index is 0.0252. The number of rotatable bonds is 23. The van der Waals surface area contributed by atoms with E-state index in [-0.39, 0.29) is 74.4 Å². The second kappa shape index (κ2) is 23.8. The summed E-state index contributed by atoms with van der Waals surface area (Å²) in [5, 5.41) is 42.2. The Kier molecular flexibility index (Phi) is 18.9. The smallest absolute Gasteiger partial charge is 0.305 e. The van der Waals surface area contributed by atoms with E-state index >= 15 is 0 Å². The molecule has 14 N–H and O–H groups in total. The first-order valence-corrected chi connectivity index (χ1v) is 20.1. The molecule has 2 aromatic carbocycles. The zero-order valence-electron chi connectivity index (χ0n) is 35.0. The minimum Gasteiger partial charge on any atom is -0.508 e. The summed E-state index contributed by atoms with van der Waals surface area (Å²) < 4.78 is 0. The highest BCUT2D eigenvalue weighted by Crippen LogP contribution is 2.19. The van der Waals surface area contributed by atoms with Crippen molar-refractivity contribution in [1.82, 2.24) is 31.5 Å². The number of aromatic hydroxyl groups is 2. The number of phenols is 2. The van der Waals surface area contributed by atoms with E-state index in [1.165, 1.54) is 60.4 Å². The first-order valence-electron chi connectivity index (χ1n) is 20.1. The molecule has 1 fully saturated rings. The van der Waals surface area contributed by atoms with Crippen LogP contribution in [-0.2, 0) is 51.2 Å². The summed E-state index contributed by atoms with van der Waals surface area (Å²) >= 11 is 0. The molecule has 21 nitrogen and oxygen atoms in total. The second-order valence-electron chi connectivity index (χ2n) is 15.5. The molecule has 1 aliphatic rings. The van der Waals surface area contributed by atoms with E-state index in [9.17, 15) is 53.7 Å². The van der Waals surface area contributed by atoms with Gasteiger partial charge in [-0.15, -0.1) is 0 Å². The number of carboxylic acid groups (broad SMARTS) is 1. The fourth-order valence-electron chi connectivity index (χ4n) is 6.80. The zero-order valence-corrected chi connectivity index (χ0v) is 35.0. The van der Waals surface area contributed by atoms with Crippen LogP contribution in [0.5, 0.6) is 11.5 Å². The van der Waals surface area contributed by atoms with Crippen molar-refractivity contribution in [1.29, 1.82) is 0 Å². The summed E-state index contributed by atoms with van der Waals surface area (Å²) in [5.74, 6) is -7.42. The number of hydrogen-bond donors (Lipinski definition) is 11. The van der Waals surface area contributed by atoms with Gasteiger partial charge in [0.25, 0.3) is 0 Å². The Morgan fingerprint density at radius 1 is 0.710 bits per heavy atom. The number of carbonyl (C=O) groups excluding carboxylic acids is 7. The summed E-state index contributed by atoms with van der Waals surface area (Å²) in [4.78, 5) is 111. The van der Waals surface area contributed by atoms with Gasteiger partial charge in [0.1, 0.15) is 47.8 Å². The molecule has 0 spiro atoms. The number of guanidine groups is 1. The van der Waals surface area contributed by atoms with Gasteiger partial charge in [-0.1, -0.05) is 38.1 Å². The molecule has 338 valence electrons. The largest absolute Gasteiger partial charge is 0.508 e. The van der Waals surface area contributed by atoms with E-state index in [1.807, 2.05) is 13.8 Å². The van der Waals surface area contributed by atoms with Crippen LogP contribution in [0.4, 0.5) is 0 Å². The van der Waals surface area contributed by atoms with Gasteiger partial charge in [-0.3, -0.25) is 43.3 Å². The number of benzene rings is 2. The number of hydrogen-bond acceptors (Lipinski definition) is 11. The Hall–Kier alpha value is -6.93. The van der Waals surface area contributed by atoms with Gasteiger partial charge < -0.3 is 64.0 Å². The van der Waals surface area contributed by atoms with Crippen LogP contribution in [0.15, 0.2) is 53.5 Å². The van der Waals surface area contributed by atoms with E-state index in [0.29, 0.717) is 24.1 Å². The Morgan fingerprint density at radius 2 is 1.18 bits per heavy atom. The quantitative estimate of drug-likeness (QED) is 0.0340.